The first kappa shape index (κ1) is 21.2. The number of hydrogen-bond acceptors (Lipinski definition) is 8. The van der Waals surface area contributed by atoms with Gasteiger partial charge < -0.3 is 14.2 Å². The van der Waals surface area contributed by atoms with Crippen LogP contribution in [0.3, 0.4) is 0 Å². The van der Waals surface area contributed by atoms with E-state index in [0.717, 1.165) is 5.56 Å². The predicted molar refractivity (Wildman–Crippen MR) is 118 cm³/mol. The highest BCUT2D eigenvalue weighted by molar-refractivity contribution is 6.07. The number of nitrogens with zero attached hydrogens (tertiary/aromatic N) is 2. The van der Waals surface area contributed by atoms with Crippen LogP contribution in [0, 0.1) is 5.41 Å². The van der Waals surface area contributed by atoms with Crippen molar-refractivity contribution in [1.29, 1.82) is 0 Å². The number of cyclic esters (lactones) is 2. The monoisotopic (exact) mass is 448 g/mol. The average Bonchev–Trinajstić information content (AvgIpc) is 3.10. The number of carbonyl (C=O) groups is 3. The van der Waals surface area contributed by atoms with Crippen molar-refractivity contribution in [3.63, 3.8) is 0 Å². The molecule has 2 fully saturated rings. The van der Waals surface area contributed by atoms with E-state index in [9.17, 15) is 14.4 Å². The van der Waals surface area contributed by atoms with Crippen molar-refractivity contribution in [3.05, 3.63) is 65.2 Å². The van der Waals surface area contributed by atoms with Crippen LogP contribution in [0.2, 0.25) is 0 Å². The van der Waals surface area contributed by atoms with E-state index in [1.807, 2.05) is 24.3 Å². The summed E-state index contributed by atoms with van der Waals surface area (Å²) in [6.07, 6.45) is 1.65. The Bertz CT molecular complexity index is 1170. The van der Waals surface area contributed by atoms with Gasteiger partial charge >= 0.3 is 11.9 Å². The molecule has 0 radical (unpaired) electrons. The SMILES string of the molecule is COc1ccc(C2C(C(C)=O)N3N=Cc4ccccc4C3C23C(=O)OC(C)(C)OC3=O)cc1. The van der Waals surface area contributed by atoms with Gasteiger partial charge in [-0.1, -0.05) is 36.4 Å². The van der Waals surface area contributed by atoms with Crippen molar-refractivity contribution in [2.24, 2.45) is 10.5 Å². The molecule has 5 rings (SSSR count). The van der Waals surface area contributed by atoms with Crippen LogP contribution in [0.25, 0.3) is 0 Å². The summed E-state index contributed by atoms with van der Waals surface area (Å²) < 4.78 is 16.6. The molecule has 3 unspecified atom stereocenters. The highest BCUT2D eigenvalue weighted by Gasteiger charge is 2.74. The molecule has 0 saturated carbocycles. The number of Topliss-reactive ketones (excluding diaryl/α,β-unsaturated/α-hetero) is 1. The highest BCUT2D eigenvalue weighted by atomic mass is 16.7. The zero-order valence-electron chi connectivity index (χ0n) is 18.8. The van der Waals surface area contributed by atoms with Gasteiger partial charge in [0.25, 0.3) is 5.79 Å². The fraction of sp³-hybridized carbons (Fsp3) is 0.360. The van der Waals surface area contributed by atoms with Crippen molar-refractivity contribution in [2.75, 3.05) is 7.11 Å². The Hall–Kier alpha value is -3.68. The maximum absolute atomic E-state index is 13.8. The molecular weight excluding hydrogens is 424 g/mol. The van der Waals surface area contributed by atoms with E-state index in [0.29, 0.717) is 16.9 Å². The van der Waals surface area contributed by atoms with Gasteiger partial charge in [-0.05, 0) is 35.7 Å². The Balaban J connectivity index is 1.81. The van der Waals surface area contributed by atoms with Gasteiger partial charge in [0.05, 0.1) is 13.3 Å². The molecule has 2 aromatic rings. The molecule has 0 aromatic heterocycles. The number of esters is 2. The highest BCUT2D eigenvalue weighted by Crippen LogP contribution is 2.62. The minimum Gasteiger partial charge on any atom is -0.497 e. The summed E-state index contributed by atoms with van der Waals surface area (Å²) in [5, 5.41) is 6.12. The lowest BCUT2D eigenvalue weighted by molar-refractivity contribution is -0.254. The molecule has 3 aliphatic rings. The largest absolute Gasteiger partial charge is 0.497 e. The molecule has 170 valence electrons. The zero-order valence-corrected chi connectivity index (χ0v) is 18.8. The average molecular weight is 448 g/mol. The summed E-state index contributed by atoms with van der Waals surface area (Å²) >= 11 is 0. The predicted octanol–water partition coefficient (Wildman–Crippen LogP) is 2.96. The first-order valence-electron chi connectivity index (χ1n) is 10.7. The molecule has 2 aromatic carbocycles. The van der Waals surface area contributed by atoms with Crippen LogP contribution in [0.15, 0.2) is 53.6 Å². The normalized spacial score (nSPS) is 26.3. The van der Waals surface area contributed by atoms with Gasteiger partial charge in [-0.2, -0.15) is 5.10 Å². The van der Waals surface area contributed by atoms with Crippen molar-refractivity contribution in [2.45, 2.75) is 44.6 Å². The lowest BCUT2D eigenvalue weighted by Gasteiger charge is -2.44. The fourth-order valence-corrected chi connectivity index (χ4v) is 5.35. The van der Waals surface area contributed by atoms with E-state index < -0.39 is 41.1 Å². The number of hydrogen-bond donors (Lipinski definition) is 0. The Morgan fingerprint density at radius 2 is 1.67 bits per heavy atom. The molecule has 3 heterocycles. The van der Waals surface area contributed by atoms with Gasteiger partial charge in [0, 0.05) is 19.8 Å². The summed E-state index contributed by atoms with van der Waals surface area (Å²) in [7, 11) is 1.55. The van der Waals surface area contributed by atoms with E-state index in [-0.39, 0.29) is 5.78 Å². The number of rotatable bonds is 3. The van der Waals surface area contributed by atoms with E-state index in [1.165, 1.54) is 20.8 Å². The zero-order chi connectivity index (χ0) is 23.5. The lowest BCUT2D eigenvalue weighted by atomic mass is 9.65. The van der Waals surface area contributed by atoms with Gasteiger partial charge in [0.1, 0.15) is 17.8 Å². The minimum absolute atomic E-state index is 0.223. The molecule has 2 saturated heterocycles. The second kappa shape index (κ2) is 7.16. The Morgan fingerprint density at radius 3 is 2.27 bits per heavy atom. The Labute approximate surface area is 191 Å². The smallest absolute Gasteiger partial charge is 0.330 e. The van der Waals surface area contributed by atoms with E-state index >= 15 is 0 Å². The number of carbonyl (C=O) groups excluding carboxylic acids is 3. The van der Waals surface area contributed by atoms with E-state index in [4.69, 9.17) is 14.2 Å². The van der Waals surface area contributed by atoms with Crippen LogP contribution in [-0.4, -0.2) is 47.9 Å². The first-order valence-corrected chi connectivity index (χ1v) is 10.7. The molecule has 0 N–H and O–H groups in total. The van der Waals surface area contributed by atoms with Crippen LogP contribution >= 0.6 is 0 Å². The maximum Gasteiger partial charge on any atom is 0.330 e. The number of hydrazone groups is 1. The Morgan fingerprint density at radius 1 is 1.03 bits per heavy atom. The Kier molecular flexibility index (Phi) is 4.60. The van der Waals surface area contributed by atoms with Gasteiger partial charge in [-0.15, -0.1) is 0 Å². The van der Waals surface area contributed by atoms with Crippen LogP contribution in [0.4, 0.5) is 0 Å². The quantitative estimate of drug-likeness (QED) is 0.526. The van der Waals surface area contributed by atoms with Gasteiger partial charge in [0.15, 0.2) is 5.78 Å². The van der Waals surface area contributed by atoms with E-state index in [2.05, 4.69) is 5.10 Å². The summed E-state index contributed by atoms with van der Waals surface area (Å²) in [6.45, 7) is 4.47. The molecule has 3 atom stereocenters. The van der Waals surface area contributed by atoms with Gasteiger partial charge in [-0.3, -0.25) is 19.4 Å². The van der Waals surface area contributed by atoms with Crippen molar-refractivity contribution < 1.29 is 28.6 Å². The summed E-state index contributed by atoms with van der Waals surface area (Å²) in [4.78, 5) is 40.7. The summed E-state index contributed by atoms with van der Waals surface area (Å²) in [5.74, 6) is -3.36. The molecular formula is C25H24N2O6. The third-order valence-electron chi connectivity index (χ3n) is 6.65. The van der Waals surface area contributed by atoms with Crippen molar-refractivity contribution >= 4 is 23.9 Å². The topological polar surface area (TPSA) is 94.5 Å². The molecule has 3 aliphatic heterocycles. The molecule has 8 heteroatoms. The second-order valence-electron chi connectivity index (χ2n) is 9.01. The second-order valence-corrected chi connectivity index (χ2v) is 9.01. The van der Waals surface area contributed by atoms with Crippen LogP contribution in [-0.2, 0) is 23.9 Å². The van der Waals surface area contributed by atoms with Gasteiger partial charge in [-0.25, -0.2) is 0 Å². The van der Waals surface area contributed by atoms with Gasteiger partial charge in [0.2, 0.25) is 5.41 Å². The number of benzene rings is 2. The van der Waals surface area contributed by atoms with Crippen LogP contribution in [0.5, 0.6) is 5.75 Å². The number of ketones is 1. The lowest BCUT2D eigenvalue weighted by Crippen LogP contribution is -2.58. The molecule has 0 bridgehead atoms. The minimum atomic E-state index is -1.83. The number of fused-ring (bicyclic) bond motifs is 4. The molecule has 33 heavy (non-hydrogen) atoms. The maximum atomic E-state index is 13.8. The first-order chi connectivity index (χ1) is 15.7. The van der Waals surface area contributed by atoms with Crippen LogP contribution < -0.4 is 4.74 Å². The van der Waals surface area contributed by atoms with Crippen molar-refractivity contribution in [1.82, 2.24) is 5.01 Å². The molecule has 1 spiro atoms. The molecule has 0 amide bonds. The third-order valence-corrected chi connectivity index (χ3v) is 6.65. The summed E-state index contributed by atoms with van der Waals surface area (Å²) in [6, 6.07) is 12.6. The standard InChI is InChI=1S/C25H24N2O6/c1-14(28)20-19(15-9-11-17(31-4)12-10-15)25(22(29)32-24(2,3)33-23(25)30)21-18-8-6-5-7-16(18)13-26-27(20)21/h5-13,19-21H,1-4H3. The summed E-state index contributed by atoms with van der Waals surface area (Å²) in [5.41, 5.74) is 0.269. The van der Waals surface area contributed by atoms with Crippen LogP contribution in [0.1, 0.15) is 49.4 Å². The van der Waals surface area contributed by atoms with E-state index in [1.54, 1.807) is 42.6 Å². The third kappa shape index (κ3) is 2.90. The number of ether oxygens (including phenoxy) is 3. The number of methoxy groups -OCH3 is 1. The van der Waals surface area contributed by atoms with Crippen molar-refractivity contribution in [3.8, 4) is 5.75 Å². The fourth-order valence-electron chi connectivity index (χ4n) is 5.35. The molecule has 8 nitrogen and oxygen atoms in total. The molecule has 0 aliphatic carbocycles.